The molecule has 5 rings (SSSR count). The minimum Gasteiger partial charge on any atom is -0.379 e. The molecule has 1 unspecified atom stereocenters. The van der Waals surface area contributed by atoms with Crippen LogP contribution in [0.5, 0.6) is 0 Å². The molecule has 0 aromatic carbocycles. The number of halogens is 1. The lowest BCUT2D eigenvalue weighted by Gasteiger charge is -2.47. The van der Waals surface area contributed by atoms with E-state index in [0.717, 1.165) is 41.1 Å². The van der Waals surface area contributed by atoms with Crippen molar-refractivity contribution < 1.29 is 4.74 Å². The number of hydrogen-bond acceptors (Lipinski definition) is 7. The van der Waals surface area contributed by atoms with Crippen LogP contribution in [0.15, 0.2) is 11.9 Å². The van der Waals surface area contributed by atoms with Crippen LogP contribution < -0.4 is 11.1 Å². The summed E-state index contributed by atoms with van der Waals surface area (Å²) in [5.74, 6) is -0.680. The second-order valence-corrected chi connectivity index (χ2v) is 9.26. The van der Waals surface area contributed by atoms with E-state index in [4.69, 9.17) is 22.1 Å². The average molecular weight is 392 g/mol. The van der Waals surface area contributed by atoms with Crippen molar-refractivity contribution in [3.63, 3.8) is 0 Å². The summed E-state index contributed by atoms with van der Waals surface area (Å²) in [5.41, 5.74) is 11.8. The molecule has 8 heteroatoms. The van der Waals surface area contributed by atoms with Gasteiger partial charge in [-0.25, -0.2) is 9.97 Å². The Morgan fingerprint density at radius 3 is 2.85 bits per heavy atom. The van der Waals surface area contributed by atoms with Crippen LogP contribution in [-0.4, -0.2) is 47.0 Å². The highest BCUT2D eigenvalue weighted by Gasteiger charge is 2.50. The maximum Gasteiger partial charge on any atom is 0.168 e. The molecule has 0 saturated carbocycles. The number of morpholine rings is 1. The van der Waals surface area contributed by atoms with Crippen molar-refractivity contribution in [3.05, 3.63) is 22.6 Å². The monoisotopic (exact) mass is 391 g/mol. The minimum atomic E-state index is -0.680. The fourth-order valence-corrected chi connectivity index (χ4v) is 5.95. The molecular formula is C18H22ClN5OS. The molecule has 2 aromatic heterocycles. The summed E-state index contributed by atoms with van der Waals surface area (Å²) < 4.78 is 6.47. The van der Waals surface area contributed by atoms with Gasteiger partial charge in [0.2, 0.25) is 0 Å². The fourth-order valence-electron chi connectivity index (χ4n) is 4.60. The molecule has 3 aliphatic rings. The van der Waals surface area contributed by atoms with Gasteiger partial charge in [0, 0.05) is 18.7 Å². The van der Waals surface area contributed by atoms with Crippen LogP contribution in [0.3, 0.4) is 0 Å². The van der Waals surface area contributed by atoms with Crippen LogP contribution in [0.2, 0.25) is 5.15 Å². The van der Waals surface area contributed by atoms with Gasteiger partial charge >= 0.3 is 0 Å². The smallest absolute Gasteiger partial charge is 0.168 e. The van der Waals surface area contributed by atoms with E-state index in [1.165, 1.54) is 16.7 Å². The van der Waals surface area contributed by atoms with Crippen LogP contribution in [0.4, 0.5) is 5.00 Å². The van der Waals surface area contributed by atoms with E-state index in [9.17, 15) is 0 Å². The molecule has 1 aliphatic carbocycles. The zero-order valence-electron chi connectivity index (χ0n) is 14.9. The summed E-state index contributed by atoms with van der Waals surface area (Å²) in [6.45, 7) is 7.67. The van der Waals surface area contributed by atoms with Gasteiger partial charge in [-0.2, -0.15) is 0 Å². The summed E-state index contributed by atoms with van der Waals surface area (Å²) in [4.78, 5) is 11.0. The zero-order valence-corrected chi connectivity index (χ0v) is 16.5. The third-order valence-corrected chi connectivity index (χ3v) is 7.43. The first kappa shape index (κ1) is 16.9. The Morgan fingerprint density at radius 1 is 1.31 bits per heavy atom. The first-order chi connectivity index (χ1) is 12.4. The van der Waals surface area contributed by atoms with Gasteiger partial charge in [0.1, 0.15) is 16.5 Å². The van der Waals surface area contributed by atoms with Crippen molar-refractivity contribution in [2.45, 2.75) is 32.5 Å². The number of allylic oxidation sites excluding steroid dienone is 1. The molecule has 1 atom stereocenters. The highest BCUT2D eigenvalue weighted by molar-refractivity contribution is 7.23. The van der Waals surface area contributed by atoms with Crippen LogP contribution in [0, 0.1) is 5.41 Å². The number of fused-ring (bicyclic) bond motifs is 4. The molecule has 4 heterocycles. The third kappa shape index (κ3) is 2.21. The normalized spacial score (nSPS) is 28.2. The number of nitrogens with zero attached hydrogens (tertiary/aromatic N) is 3. The molecule has 0 amide bonds. The number of hydrogen-bond donors (Lipinski definition) is 2. The van der Waals surface area contributed by atoms with Gasteiger partial charge < -0.3 is 10.1 Å². The second-order valence-electron chi connectivity index (χ2n) is 7.88. The molecule has 0 spiro atoms. The lowest BCUT2D eigenvalue weighted by atomic mass is 9.80. The fraction of sp³-hybridized carbons (Fsp3) is 0.556. The lowest BCUT2D eigenvalue weighted by molar-refractivity contribution is 0.0000621. The van der Waals surface area contributed by atoms with E-state index >= 15 is 0 Å². The Balaban J connectivity index is 1.77. The number of nitrogens with two attached hydrogens (primary N) is 1. The molecule has 2 aliphatic heterocycles. The summed E-state index contributed by atoms with van der Waals surface area (Å²) in [6, 6.07) is 0. The Kier molecular flexibility index (Phi) is 3.65. The van der Waals surface area contributed by atoms with Crippen LogP contribution in [-0.2, 0) is 4.74 Å². The number of anilines is 1. The number of nitrogens with one attached hydrogen (secondary N) is 1. The first-order valence-electron chi connectivity index (χ1n) is 8.99. The molecule has 6 nitrogen and oxygen atoms in total. The van der Waals surface area contributed by atoms with Gasteiger partial charge in [0.25, 0.3) is 0 Å². The molecule has 26 heavy (non-hydrogen) atoms. The molecule has 1 saturated heterocycles. The van der Waals surface area contributed by atoms with Gasteiger partial charge in [-0.3, -0.25) is 10.6 Å². The molecule has 138 valence electrons. The van der Waals surface area contributed by atoms with Crippen molar-refractivity contribution in [2.75, 3.05) is 31.6 Å². The Bertz CT molecular complexity index is 933. The van der Waals surface area contributed by atoms with Crippen LogP contribution in [0.1, 0.15) is 32.3 Å². The van der Waals surface area contributed by atoms with Gasteiger partial charge in [0.05, 0.1) is 23.4 Å². The number of thiophene rings is 1. The van der Waals surface area contributed by atoms with E-state index in [1.807, 2.05) is 0 Å². The maximum atomic E-state index is 7.05. The predicted molar refractivity (Wildman–Crippen MR) is 105 cm³/mol. The van der Waals surface area contributed by atoms with E-state index in [1.54, 1.807) is 17.7 Å². The Morgan fingerprint density at radius 2 is 2.08 bits per heavy atom. The molecule has 1 fully saturated rings. The molecular weight excluding hydrogens is 370 g/mol. The minimum absolute atomic E-state index is 0.0501. The second kappa shape index (κ2) is 5.62. The third-order valence-electron chi connectivity index (χ3n) is 5.93. The van der Waals surface area contributed by atoms with E-state index in [0.29, 0.717) is 18.4 Å². The number of ether oxygens (including phenoxy) is 1. The van der Waals surface area contributed by atoms with E-state index < -0.39 is 5.79 Å². The van der Waals surface area contributed by atoms with Gasteiger partial charge in [-0.05, 0) is 29.4 Å². The van der Waals surface area contributed by atoms with Crippen LogP contribution >= 0.6 is 22.9 Å². The molecule has 2 aromatic rings. The molecule has 3 N–H and O–H groups in total. The number of aromatic nitrogens is 2. The summed E-state index contributed by atoms with van der Waals surface area (Å²) in [7, 11) is 0. The summed E-state index contributed by atoms with van der Waals surface area (Å²) in [6.07, 6.45) is 3.61. The van der Waals surface area contributed by atoms with E-state index in [-0.39, 0.29) is 5.41 Å². The van der Waals surface area contributed by atoms with Gasteiger partial charge in [-0.1, -0.05) is 25.4 Å². The average Bonchev–Trinajstić information content (AvgIpc) is 3.14. The standard InChI is InChI=1S/C18H22ClN5OS/c1-17(2)4-3-10-12(17)11-13-14(15(19)22-9-21-13)26-16(11)23-18(10,20)24-5-7-25-8-6-24/h9,23H,3-8,20H2,1-2H3. The van der Waals surface area contributed by atoms with Crippen molar-refractivity contribution in [2.24, 2.45) is 11.1 Å². The highest BCUT2D eigenvalue weighted by Crippen LogP contribution is 2.58. The van der Waals surface area contributed by atoms with Crippen molar-refractivity contribution >= 4 is 43.7 Å². The van der Waals surface area contributed by atoms with Gasteiger partial charge in [-0.15, -0.1) is 11.3 Å². The van der Waals surface area contributed by atoms with Crippen LogP contribution in [0.25, 0.3) is 15.8 Å². The van der Waals surface area contributed by atoms with Crippen molar-refractivity contribution in [1.82, 2.24) is 14.9 Å². The zero-order chi connectivity index (χ0) is 18.1. The predicted octanol–water partition coefficient (Wildman–Crippen LogP) is 3.29. The van der Waals surface area contributed by atoms with Gasteiger partial charge in [0.15, 0.2) is 5.79 Å². The number of rotatable bonds is 1. The highest BCUT2D eigenvalue weighted by atomic mass is 35.5. The maximum absolute atomic E-state index is 7.05. The SMILES string of the molecule is CC1(C)CCC2=C1c1c(sc3c(Cl)ncnc13)NC2(N)N1CCOCC1. The topological polar surface area (TPSA) is 76.3 Å². The molecule has 0 bridgehead atoms. The lowest BCUT2D eigenvalue weighted by Crippen LogP contribution is -2.66. The van der Waals surface area contributed by atoms with Crippen molar-refractivity contribution in [1.29, 1.82) is 0 Å². The Labute approximate surface area is 161 Å². The quantitative estimate of drug-likeness (QED) is 0.726. The summed E-state index contributed by atoms with van der Waals surface area (Å²) in [5, 5.41) is 5.20. The first-order valence-corrected chi connectivity index (χ1v) is 10.2. The summed E-state index contributed by atoms with van der Waals surface area (Å²) >= 11 is 7.97. The molecule has 0 radical (unpaired) electrons. The van der Waals surface area contributed by atoms with E-state index in [2.05, 4.69) is 34.0 Å². The largest absolute Gasteiger partial charge is 0.379 e. The van der Waals surface area contributed by atoms with Crippen molar-refractivity contribution in [3.8, 4) is 0 Å². The Hall–Kier alpha value is -1.25.